The van der Waals surface area contributed by atoms with Gasteiger partial charge in [-0.1, -0.05) is 85.3 Å². The van der Waals surface area contributed by atoms with Gasteiger partial charge in [-0.25, -0.2) is 35.9 Å². The fraction of sp³-hybridized carbons (Fsp3) is 0.269. The number of carboxylic acids is 2. The molecule has 18 heteroatoms. The van der Waals surface area contributed by atoms with Crippen LogP contribution in [0.5, 0.6) is 0 Å². The topological polar surface area (TPSA) is 163 Å². The van der Waals surface area contributed by atoms with Crippen LogP contribution in [0.25, 0.3) is 22.3 Å². The van der Waals surface area contributed by atoms with Crippen LogP contribution in [0, 0.1) is 33.9 Å². The van der Waals surface area contributed by atoms with Gasteiger partial charge in [0.1, 0.15) is 23.5 Å². The summed E-state index contributed by atoms with van der Waals surface area (Å²) in [5, 5.41) is 43.3. The maximum absolute atomic E-state index is 14.7. The second kappa shape index (κ2) is 21.9. The van der Waals surface area contributed by atoms with Crippen molar-refractivity contribution in [1.82, 2.24) is 0 Å². The Balaban J connectivity index is 0.000000206. The van der Waals surface area contributed by atoms with E-state index in [2.05, 4.69) is 0 Å². The van der Waals surface area contributed by atoms with E-state index >= 15 is 0 Å². The number of carbonyl (C=O) groups is 4. The molecule has 6 aromatic rings. The fourth-order valence-corrected chi connectivity index (χ4v) is 8.60. The molecule has 2 aliphatic rings. The molecule has 10 nitrogen and oxygen atoms in total. The number of carboxylic acid groups (broad SMARTS) is 2. The van der Waals surface area contributed by atoms with E-state index in [-0.39, 0.29) is 68.1 Å². The molecule has 2 aromatic heterocycles. The summed E-state index contributed by atoms with van der Waals surface area (Å²) in [6.45, 7) is 0. The largest absolute Gasteiger partial charge is 0.618 e. The summed E-state index contributed by atoms with van der Waals surface area (Å²) in [6.07, 6.45) is 0.715. The lowest BCUT2D eigenvalue weighted by molar-refractivity contribution is -0.614. The predicted octanol–water partition coefficient (Wildman–Crippen LogP) is 12.2. The molecule has 0 amide bonds. The van der Waals surface area contributed by atoms with Gasteiger partial charge in [-0.15, -0.1) is 0 Å². The van der Waals surface area contributed by atoms with E-state index in [0.29, 0.717) is 45.3 Å². The molecule has 0 saturated heterocycles. The zero-order valence-corrected chi connectivity index (χ0v) is 38.3. The second-order valence-electron chi connectivity index (χ2n) is 17.3. The first-order chi connectivity index (χ1) is 33.3. The Morgan fingerprint density at radius 2 is 0.886 bits per heavy atom. The van der Waals surface area contributed by atoms with E-state index in [1.165, 1.54) is 48.5 Å². The molecule has 0 unspecified atom stereocenters. The smallest absolute Gasteiger partial charge is 0.335 e. The van der Waals surface area contributed by atoms with Gasteiger partial charge in [0.25, 0.3) is 12.9 Å². The maximum Gasteiger partial charge on any atom is 0.335 e. The Morgan fingerprint density at radius 3 is 1.17 bits per heavy atom. The van der Waals surface area contributed by atoms with Crippen LogP contribution in [0.1, 0.15) is 118 Å². The number of pyridine rings is 2. The Bertz CT molecular complexity index is 2750. The zero-order chi connectivity index (χ0) is 50.6. The van der Waals surface area contributed by atoms with Gasteiger partial charge in [-0.3, -0.25) is 9.59 Å². The summed E-state index contributed by atoms with van der Waals surface area (Å²) in [5.41, 5.74) is -0.510. The van der Waals surface area contributed by atoms with E-state index in [9.17, 15) is 55.9 Å². The van der Waals surface area contributed by atoms with Gasteiger partial charge in [0, 0.05) is 47.2 Å². The zero-order valence-electron chi connectivity index (χ0n) is 36.8. The van der Waals surface area contributed by atoms with Crippen molar-refractivity contribution in [3.63, 3.8) is 0 Å². The minimum atomic E-state index is -2.98. The molecule has 70 heavy (non-hydrogen) atoms. The predicted molar refractivity (Wildman–Crippen MR) is 246 cm³/mol. The van der Waals surface area contributed by atoms with Crippen LogP contribution < -0.4 is 9.46 Å². The number of nitrogens with zero attached hydrogens (tertiary/aromatic N) is 2. The number of ketones is 2. The standard InChI is InChI=1S/2C26H21ClF3NO4/c2*27-20-9-8-18(25(29)30)23(24(20)28)17-7-10-21(31(35)13-17)19(11-14-1-2-14)22(32)12-15-3-5-16(6-4-15)26(33)34/h2*3-10,13-14,19,25H,1-2,11-12H2,(H,33,34)/t2*19-/m10/s1. The van der Waals surface area contributed by atoms with Crippen LogP contribution in [0.2, 0.25) is 10.0 Å². The molecule has 0 aliphatic heterocycles. The van der Waals surface area contributed by atoms with Crippen LogP contribution in [0.4, 0.5) is 26.3 Å². The summed E-state index contributed by atoms with van der Waals surface area (Å²) >= 11 is 11.6. The van der Waals surface area contributed by atoms with Crippen LogP contribution in [-0.4, -0.2) is 33.7 Å². The van der Waals surface area contributed by atoms with E-state index < -0.39 is 70.5 Å². The third kappa shape index (κ3) is 12.1. The van der Waals surface area contributed by atoms with Gasteiger partial charge >= 0.3 is 11.9 Å². The van der Waals surface area contributed by atoms with Crippen LogP contribution in [-0.2, 0) is 22.4 Å². The molecule has 0 spiro atoms. The summed E-state index contributed by atoms with van der Waals surface area (Å²) in [5.74, 6) is -5.58. The number of Topliss-reactive ketones (excluding diaryl/α,β-unsaturated/α-hetero) is 2. The molecular formula is C52H42Cl2F6N2O8. The van der Waals surface area contributed by atoms with Crippen LogP contribution in [0.3, 0.4) is 0 Å². The summed E-state index contributed by atoms with van der Waals surface area (Å²) < 4.78 is 84.2. The average molecular weight is 1010 g/mol. The minimum Gasteiger partial charge on any atom is -0.618 e. The van der Waals surface area contributed by atoms with Gasteiger partial charge in [-0.2, -0.15) is 9.46 Å². The molecule has 2 atom stereocenters. The van der Waals surface area contributed by atoms with E-state index in [1.807, 2.05) is 0 Å². The Labute approximate surface area is 406 Å². The highest BCUT2D eigenvalue weighted by Crippen LogP contribution is 2.42. The van der Waals surface area contributed by atoms with Gasteiger partial charge in [0.2, 0.25) is 11.4 Å². The Morgan fingerprint density at radius 1 is 0.543 bits per heavy atom. The molecule has 4 aromatic carbocycles. The monoisotopic (exact) mass is 1010 g/mol. The van der Waals surface area contributed by atoms with Gasteiger partial charge in [0.05, 0.1) is 32.3 Å². The number of hydrogen-bond donors (Lipinski definition) is 2. The number of halogens is 8. The van der Waals surface area contributed by atoms with Crippen molar-refractivity contribution in [3.05, 3.63) is 186 Å². The third-order valence-corrected chi connectivity index (χ3v) is 13.0. The number of alkyl halides is 4. The molecule has 2 aliphatic carbocycles. The quantitative estimate of drug-likeness (QED) is 0.0488. The third-order valence-electron chi connectivity index (χ3n) is 12.4. The summed E-state index contributed by atoms with van der Waals surface area (Å²) in [4.78, 5) is 48.5. The molecule has 2 saturated carbocycles. The Kier molecular flexibility index (Phi) is 16.0. The highest BCUT2D eigenvalue weighted by Gasteiger charge is 2.37. The van der Waals surface area contributed by atoms with Crippen LogP contribution >= 0.6 is 23.2 Å². The second-order valence-corrected chi connectivity index (χ2v) is 18.2. The van der Waals surface area contributed by atoms with Crippen molar-refractivity contribution in [2.75, 3.05) is 0 Å². The molecule has 364 valence electrons. The molecule has 2 heterocycles. The SMILES string of the molecule is O=C(O)c1ccc(CC(=O)[C@@H](CC2CC2)c2ccc(-c3c(C(F)F)ccc(Cl)c3F)c[n+]2[O-])cc1.O=C(O)c1ccc(CC(=O)[C@H](CC2CC2)c2ccc(-c3c(C(F)F)ccc(Cl)c3F)c[n+]2[O-])cc1. The molecule has 2 fully saturated rings. The van der Waals surface area contributed by atoms with Crippen molar-refractivity contribution in [2.24, 2.45) is 11.8 Å². The van der Waals surface area contributed by atoms with Crippen molar-refractivity contribution in [3.8, 4) is 22.3 Å². The molecule has 2 N–H and O–H groups in total. The summed E-state index contributed by atoms with van der Waals surface area (Å²) in [7, 11) is 0. The number of aromatic nitrogens is 2. The summed E-state index contributed by atoms with van der Waals surface area (Å²) in [6, 6.07) is 21.4. The Hall–Kier alpha value is -6.78. The van der Waals surface area contributed by atoms with E-state index in [4.69, 9.17) is 33.4 Å². The maximum atomic E-state index is 14.7. The van der Waals surface area contributed by atoms with Gasteiger partial charge in [-0.05, 0) is 84.3 Å². The number of aromatic carboxylic acids is 2. The minimum absolute atomic E-state index is 0.00249. The highest BCUT2D eigenvalue weighted by molar-refractivity contribution is 6.31. The first-order valence-electron chi connectivity index (χ1n) is 22.0. The highest BCUT2D eigenvalue weighted by atomic mass is 35.5. The lowest BCUT2D eigenvalue weighted by atomic mass is 9.89. The number of carbonyl (C=O) groups excluding carboxylic acids is 2. The first kappa shape index (κ1) is 51.1. The van der Waals surface area contributed by atoms with Gasteiger partial charge < -0.3 is 20.6 Å². The molecule has 8 rings (SSSR count). The lowest BCUT2D eigenvalue weighted by Gasteiger charge is -2.17. The van der Waals surface area contributed by atoms with Crippen molar-refractivity contribution in [2.45, 2.75) is 76.1 Å². The number of rotatable bonds is 18. The average Bonchev–Trinajstić information content (AvgIpc) is 4.27. The van der Waals surface area contributed by atoms with Crippen molar-refractivity contribution < 1.29 is 65.2 Å². The molecule has 0 bridgehead atoms. The van der Waals surface area contributed by atoms with E-state index in [1.54, 1.807) is 24.3 Å². The van der Waals surface area contributed by atoms with Crippen LogP contribution in [0.15, 0.2) is 109 Å². The molecular weight excluding hydrogens is 965 g/mol. The normalized spacial score (nSPS) is 14.2. The van der Waals surface area contributed by atoms with Gasteiger partial charge in [0.15, 0.2) is 24.0 Å². The lowest BCUT2D eigenvalue weighted by Crippen LogP contribution is -2.36. The fourth-order valence-electron chi connectivity index (χ4n) is 8.29. The van der Waals surface area contributed by atoms with Crippen molar-refractivity contribution >= 4 is 46.7 Å². The van der Waals surface area contributed by atoms with Crippen molar-refractivity contribution in [1.29, 1.82) is 0 Å². The number of benzene rings is 4. The number of hydrogen-bond acceptors (Lipinski definition) is 6. The first-order valence-corrected chi connectivity index (χ1v) is 22.8. The van der Waals surface area contributed by atoms with E-state index in [0.717, 1.165) is 62.3 Å². The molecule has 0 radical (unpaired) electrons.